The predicted molar refractivity (Wildman–Crippen MR) is 241 cm³/mol. The number of hydrogen-bond acceptors (Lipinski definition) is 1. The van der Waals surface area contributed by atoms with Gasteiger partial charge in [0, 0.05) is 44.5 Å². The number of aromatic nitrogens is 1. The van der Waals surface area contributed by atoms with Crippen molar-refractivity contribution in [2.75, 3.05) is 4.90 Å². The van der Waals surface area contributed by atoms with Crippen LogP contribution in [0.5, 0.6) is 0 Å². The van der Waals surface area contributed by atoms with Gasteiger partial charge in [0.05, 0.1) is 11.2 Å². The molecule has 0 fully saturated rings. The minimum Gasteiger partial charge on any atom is -0.313 e. The molecule has 0 saturated carbocycles. The second-order valence-corrected chi connectivity index (χ2v) is 16.0. The number of allylic oxidation sites excluding steroid dienone is 1. The highest BCUT2D eigenvalue weighted by Gasteiger charge is 2.36. The molecular formula is C55H42N2. The van der Waals surface area contributed by atoms with Gasteiger partial charge in [0.1, 0.15) is 0 Å². The Hall–Kier alpha value is -6.90. The molecule has 0 N–H and O–H groups in total. The highest BCUT2D eigenvalue weighted by Crippen LogP contribution is 2.51. The van der Waals surface area contributed by atoms with E-state index in [0.717, 1.165) is 24.2 Å². The van der Waals surface area contributed by atoms with Crippen molar-refractivity contribution in [3.63, 3.8) is 0 Å². The molecule has 1 heterocycles. The van der Waals surface area contributed by atoms with Crippen molar-refractivity contribution in [1.29, 1.82) is 0 Å². The largest absolute Gasteiger partial charge is 0.313 e. The van der Waals surface area contributed by atoms with Crippen LogP contribution in [0.25, 0.3) is 61.3 Å². The van der Waals surface area contributed by atoms with Crippen LogP contribution in [0.1, 0.15) is 48.2 Å². The van der Waals surface area contributed by atoms with Gasteiger partial charge in [0.15, 0.2) is 0 Å². The van der Waals surface area contributed by atoms with E-state index in [1.807, 2.05) is 0 Å². The highest BCUT2D eigenvalue weighted by molar-refractivity contribution is 6.08. The lowest BCUT2D eigenvalue weighted by molar-refractivity contribution is 0.660. The van der Waals surface area contributed by atoms with E-state index in [-0.39, 0.29) is 5.41 Å². The van der Waals surface area contributed by atoms with Gasteiger partial charge in [0.25, 0.3) is 0 Å². The summed E-state index contributed by atoms with van der Waals surface area (Å²) in [6, 6.07) is 69.2. The summed E-state index contributed by atoms with van der Waals surface area (Å²) in [5.74, 6) is 0. The molecular weight excluding hydrogens is 689 g/mol. The fourth-order valence-corrected chi connectivity index (χ4v) is 9.78. The van der Waals surface area contributed by atoms with Gasteiger partial charge in [-0.25, -0.2) is 0 Å². The van der Waals surface area contributed by atoms with E-state index < -0.39 is 0 Å². The first kappa shape index (κ1) is 33.4. The van der Waals surface area contributed by atoms with Crippen LogP contribution >= 0.6 is 0 Å². The average Bonchev–Trinajstić information content (AvgIpc) is 3.72. The maximum atomic E-state index is 2.48. The van der Waals surface area contributed by atoms with Crippen molar-refractivity contribution in [2.24, 2.45) is 0 Å². The molecule has 9 aromatic rings. The van der Waals surface area contributed by atoms with Gasteiger partial charge in [-0.1, -0.05) is 153 Å². The van der Waals surface area contributed by atoms with Crippen LogP contribution in [0, 0.1) is 0 Å². The molecule has 0 saturated heterocycles. The van der Waals surface area contributed by atoms with E-state index >= 15 is 0 Å². The molecule has 0 amide bonds. The molecule has 2 aliphatic carbocycles. The zero-order chi connectivity index (χ0) is 38.1. The van der Waals surface area contributed by atoms with E-state index in [1.165, 1.54) is 88.8 Å². The molecule has 8 aromatic carbocycles. The average molecular weight is 731 g/mol. The Morgan fingerprint density at radius 3 is 1.96 bits per heavy atom. The third-order valence-corrected chi connectivity index (χ3v) is 12.5. The molecule has 2 aliphatic rings. The van der Waals surface area contributed by atoms with Crippen molar-refractivity contribution in [1.82, 2.24) is 4.57 Å². The first-order chi connectivity index (χ1) is 28.0. The van der Waals surface area contributed by atoms with Gasteiger partial charge >= 0.3 is 0 Å². The molecule has 0 spiro atoms. The fraction of sp³-hybridized carbons (Fsp3) is 0.0909. The van der Waals surface area contributed by atoms with Crippen molar-refractivity contribution in [2.45, 2.75) is 32.1 Å². The van der Waals surface area contributed by atoms with Crippen LogP contribution in [-0.4, -0.2) is 4.57 Å². The molecule has 1 aromatic heterocycles. The minimum absolute atomic E-state index is 0.110. The smallest absolute Gasteiger partial charge is 0.0540 e. The van der Waals surface area contributed by atoms with E-state index in [4.69, 9.17) is 0 Å². The predicted octanol–water partition coefficient (Wildman–Crippen LogP) is 14.7. The number of nitrogens with zero attached hydrogens (tertiary/aromatic N) is 2. The van der Waals surface area contributed by atoms with Crippen LogP contribution in [-0.2, 0) is 11.8 Å². The molecule has 0 aliphatic heterocycles. The van der Waals surface area contributed by atoms with Crippen LogP contribution in [0.3, 0.4) is 0 Å². The minimum atomic E-state index is -0.110. The summed E-state index contributed by atoms with van der Waals surface area (Å²) in [4.78, 5) is 2.48. The first-order valence-corrected chi connectivity index (χ1v) is 20.1. The Bertz CT molecular complexity index is 3040. The zero-order valence-corrected chi connectivity index (χ0v) is 32.3. The van der Waals surface area contributed by atoms with E-state index in [9.17, 15) is 0 Å². The van der Waals surface area contributed by atoms with Gasteiger partial charge in [0.2, 0.25) is 0 Å². The number of anilines is 3. The summed E-state index contributed by atoms with van der Waals surface area (Å²) in [7, 11) is 0. The number of benzene rings is 8. The van der Waals surface area contributed by atoms with Crippen molar-refractivity contribution in [3.8, 4) is 27.9 Å². The number of para-hydroxylation sites is 2. The molecule has 11 rings (SSSR count). The lowest BCUT2D eigenvalue weighted by atomic mass is 9.82. The quantitative estimate of drug-likeness (QED) is 0.165. The van der Waals surface area contributed by atoms with E-state index in [2.05, 4.69) is 217 Å². The zero-order valence-electron chi connectivity index (χ0n) is 32.3. The Morgan fingerprint density at radius 1 is 0.474 bits per heavy atom. The Morgan fingerprint density at radius 2 is 1.12 bits per heavy atom. The fourth-order valence-electron chi connectivity index (χ4n) is 9.78. The SMILES string of the molecule is CC1(C)c2ccccc2-c2ccc(N(c3cccc(-c4ccccc4)c3)c3ccc(C4=Cc5c(n(-c6ccccc6)c6ccccc56)CC4)c4ccccc34)cc21. The maximum absolute atomic E-state index is 2.48. The van der Waals surface area contributed by atoms with Crippen LogP contribution in [0.2, 0.25) is 0 Å². The number of fused-ring (bicyclic) bond motifs is 7. The summed E-state index contributed by atoms with van der Waals surface area (Å²) >= 11 is 0. The second kappa shape index (κ2) is 13.1. The van der Waals surface area contributed by atoms with Gasteiger partial charge in [-0.05, 0) is 117 Å². The van der Waals surface area contributed by atoms with E-state index in [1.54, 1.807) is 0 Å². The third kappa shape index (κ3) is 5.32. The molecule has 57 heavy (non-hydrogen) atoms. The third-order valence-electron chi connectivity index (χ3n) is 12.5. The lowest BCUT2D eigenvalue weighted by Crippen LogP contribution is -2.16. The standard InChI is InChI=1S/C55H42N2/c1-55(2)50-26-13-11-23-45(50)46-30-29-42(36-51(46)55)56(41-21-15-18-38(34-41)37-16-5-3-6-17-37)53-33-31-43(44-22-9-10-24-47(44)53)39-28-32-54-49(35-39)48-25-12-14-27-52(48)57(54)40-19-7-4-8-20-40/h3-27,29-31,33-36H,28,32H2,1-2H3. The summed E-state index contributed by atoms with van der Waals surface area (Å²) in [6.45, 7) is 4.74. The number of hydrogen-bond donors (Lipinski definition) is 0. The Balaban J connectivity index is 1.09. The van der Waals surface area contributed by atoms with Gasteiger partial charge in [-0.3, -0.25) is 0 Å². The van der Waals surface area contributed by atoms with Crippen molar-refractivity contribution in [3.05, 3.63) is 216 Å². The summed E-state index contributed by atoms with van der Waals surface area (Å²) in [5.41, 5.74) is 19.1. The second-order valence-electron chi connectivity index (χ2n) is 16.0. The molecule has 0 atom stereocenters. The maximum Gasteiger partial charge on any atom is 0.0540 e. The molecule has 2 nitrogen and oxygen atoms in total. The van der Waals surface area contributed by atoms with E-state index in [0.29, 0.717) is 0 Å². The molecule has 272 valence electrons. The van der Waals surface area contributed by atoms with Crippen molar-refractivity contribution < 1.29 is 0 Å². The van der Waals surface area contributed by atoms with Crippen molar-refractivity contribution >= 4 is 50.4 Å². The summed E-state index contributed by atoms with van der Waals surface area (Å²) < 4.78 is 2.47. The topological polar surface area (TPSA) is 8.17 Å². The molecule has 0 unspecified atom stereocenters. The number of rotatable bonds is 6. The molecule has 0 bridgehead atoms. The van der Waals surface area contributed by atoms with Crippen LogP contribution < -0.4 is 4.90 Å². The van der Waals surface area contributed by atoms with Gasteiger partial charge in [-0.15, -0.1) is 0 Å². The monoisotopic (exact) mass is 730 g/mol. The van der Waals surface area contributed by atoms with Crippen LogP contribution in [0.15, 0.2) is 188 Å². The Labute approximate surface area is 334 Å². The van der Waals surface area contributed by atoms with Gasteiger partial charge < -0.3 is 9.47 Å². The Kier molecular flexibility index (Phi) is 7.69. The molecule has 0 radical (unpaired) electrons. The van der Waals surface area contributed by atoms with Crippen LogP contribution in [0.4, 0.5) is 17.1 Å². The highest BCUT2D eigenvalue weighted by atomic mass is 15.1. The van der Waals surface area contributed by atoms with Gasteiger partial charge in [-0.2, -0.15) is 0 Å². The lowest BCUT2D eigenvalue weighted by Gasteiger charge is -2.30. The normalized spacial score (nSPS) is 13.9. The first-order valence-electron chi connectivity index (χ1n) is 20.1. The summed E-state index contributed by atoms with van der Waals surface area (Å²) in [6.07, 6.45) is 4.43. The summed E-state index contributed by atoms with van der Waals surface area (Å²) in [5, 5.41) is 3.82. The molecule has 2 heteroatoms.